The maximum absolute atomic E-state index is 13.0. The van der Waals surface area contributed by atoms with Crippen molar-refractivity contribution in [3.05, 3.63) is 57.3 Å². The minimum atomic E-state index is -0.612. The molecule has 1 atom stereocenters. The first-order valence-electron chi connectivity index (χ1n) is 8.75. The van der Waals surface area contributed by atoms with Gasteiger partial charge in [-0.3, -0.25) is 0 Å². The summed E-state index contributed by atoms with van der Waals surface area (Å²) in [5.41, 5.74) is 0.483. The third-order valence-corrected chi connectivity index (χ3v) is 4.77. The third kappa shape index (κ3) is 2.56. The Morgan fingerprint density at radius 1 is 1.33 bits per heavy atom. The number of ether oxygens (including phenoxy) is 2. The van der Waals surface area contributed by atoms with Crippen LogP contribution in [0.5, 0.6) is 11.5 Å². The molecule has 0 aliphatic carbocycles. The predicted molar refractivity (Wildman–Crippen MR) is 106 cm³/mol. The minimum Gasteiger partial charge on any atom is -0.758 e. The lowest BCUT2D eigenvalue weighted by Gasteiger charge is -2.44. The molecule has 0 saturated carbocycles. The fourth-order valence-electron chi connectivity index (χ4n) is 3.37. The van der Waals surface area contributed by atoms with Crippen LogP contribution in [0.1, 0.15) is 38.8 Å². The Balaban J connectivity index is 2.22. The Morgan fingerprint density at radius 3 is 2.78 bits per heavy atom. The molecular weight excluding hydrogens is 346 g/mol. The van der Waals surface area contributed by atoms with E-state index in [1.807, 2.05) is 39.0 Å². The number of hydroxylamine groups is 1. The van der Waals surface area contributed by atoms with Crippen LogP contribution in [-0.4, -0.2) is 11.6 Å². The second kappa shape index (κ2) is 5.76. The standard InChI is InChI=1S/C21H20NO5/c1-6-7-13-10-15(23)26-20-16(13)18-14(8-9-21(4,5)27-18)19-17(20)22(24)11(2)12(3)25-19/h6-11H,3H2,1-2,4-5H3/q-1/b7-6+/t11-/m1/s1. The minimum absolute atomic E-state index is 0.157. The van der Waals surface area contributed by atoms with Crippen molar-refractivity contribution in [3.63, 3.8) is 0 Å². The molecule has 0 bridgehead atoms. The maximum Gasteiger partial charge on any atom is 0.336 e. The van der Waals surface area contributed by atoms with Gasteiger partial charge in [-0.25, -0.2) is 4.79 Å². The van der Waals surface area contributed by atoms with Gasteiger partial charge in [-0.2, -0.15) is 0 Å². The summed E-state index contributed by atoms with van der Waals surface area (Å²) in [7, 11) is 0. The zero-order valence-corrected chi connectivity index (χ0v) is 15.7. The molecule has 1 aromatic carbocycles. The highest BCUT2D eigenvalue weighted by Crippen LogP contribution is 2.52. The maximum atomic E-state index is 13.0. The van der Waals surface area contributed by atoms with Gasteiger partial charge in [0, 0.05) is 6.07 Å². The molecule has 1 aromatic heterocycles. The van der Waals surface area contributed by atoms with Crippen molar-refractivity contribution in [3.8, 4) is 11.5 Å². The Morgan fingerprint density at radius 2 is 2.07 bits per heavy atom. The van der Waals surface area contributed by atoms with Gasteiger partial charge in [0.1, 0.15) is 22.8 Å². The van der Waals surface area contributed by atoms with Crippen molar-refractivity contribution in [2.75, 3.05) is 5.06 Å². The van der Waals surface area contributed by atoms with Gasteiger partial charge in [0.2, 0.25) is 0 Å². The number of allylic oxidation sites excluding steroid dienone is 1. The lowest BCUT2D eigenvalue weighted by molar-refractivity contribution is 0.160. The van der Waals surface area contributed by atoms with Crippen molar-refractivity contribution in [1.82, 2.24) is 0 Å². The van der Waals surface area contributed by atoms with Gasteiger partial charge in [0.05, 0.1) is 17.0 Å². The van der Waals surface area contributed by atoms with Crippen LogP contribution in [-0.2, 0) is 0 Å². The number of nitrogens with zero attached hydrogens (tertiary/aromatic N) is 1. The van der Waals surface area contributed by atoms with Crippen molar-refractivity contribution in [2.24, 2.45) is 0 Å². The number of rotatable bonds is 1. The van der Waals surface area contributed by atoms with Gasteiger partial charge in [0.25, 0.3) is 0 Å². The van der Waals surface area contributed by atoms with E-state index < -0.39 is 17.3 Å². The van der Waals surface area contributed by atoms with Crippen LogP contribution < -0.4 is 20.2 Å². The molecule has 0 unspecified atom stereocenters. The fourth-order valence-corrected chi connectivity index (χ4v) is 3.37. The fraction of sp³-hybridized carbons (Fsp3) is 0.286. The van der Waals surface area contributed by atoms with E-state index in [-0.39, 0.29) is 11.3 Å². The Labute approximate surface area is 156 Å². The van der Waals surface area contributed by atoms with E-state index in [0.29, 0.717) is 33.8 Å². The van der Waals surface area contributed by atoms with Crippen LogP contribution in [0.4, 0.5) is 5.69 Å². The third-order valence-electron chi connectivity index (χ3n) is 4.77. The lowest BCUT2D eigenvalue weighted by Crippen LogP contribution is -2.36. The molecule has 3 heterocycles. The zero-order chi connectivity index (χ0) is 19.5. The molecule has 0 N–H and O–H groups in total. The van der Waals surface area contributed by atoms with Crippen LogP contribution in [0.15, 0.2) is 39.8 Å². The Kier molecular flexibility index (Phi) is 3.71. The van der Waals surface area contributed by atoms with Crippen LogP contribution >= 0.6 is 0 Å². The molecule has 0 radical (unpaired) electrons. The second-order valence-corrected chi connectivity index (χ2v) is 7.25. The van der Waals surface area contributed by atoms with E-state index in [2.05, 4.69) is 6.58 Å². The number of fused-ring (bicyclic) bond motifs is 6. The quantitative estimate of drug-likeness (QED) is 0.686. The van der Waals surface area contributed by atoms with Crippen LogP contribution in [0.2, 0.25) is 0 Å². The van der Waals surface area contributed by atoms with E-state index in [1.165, 1.54) is 6.07 Å². The number of benzene rings is 1. The highest BCUT2D eigenvalue weighted by Gasteiger charge is 2.35. The number of hydrogen-bond donors (Lipinski definition) is 0. The van der Waals surface area contributed by atoms with Crippen molar-refractivity contribution < 1.29 is 13.9 Å². The summed E-state index contributed by atoms with van der Waals surface area (Å²) in [6.07, 6.45) is 7.38. The van der Waals surface area contributed by atoms with Crippen LogP contribution in [0, 0.1) is 5.21 Å². The van der Waals surface area contributed by atoms with Crippen molar-refractivity contribution in [1.29, 1.82) is 0 Å². The second-order valence-electron chi connectivity index (χ2n) is 7.25. The summed E-state index contributed by atoms with van der Waals surface area (Å²) in [6.45, 7) is 11.2. The monoisotopic (exact) mass is 366 g/mol. The van der Waals surface area contributed by atoms with Crippen molar-refractivity contribution in [2.45, 2.75) is 39.3 Å². The average molecular weight is 366 g/mol. The van der Waals surface area contributed by atoms with Gasteiger partial charge in [0.15, 0.2) is 11.3 Å². The van der Waals surface area contributed by atoms with E-state index >= 15 is 0 Å². The molecule has 4 rings (SSSR count). The summed E-state index contributed by atoms with van der Waals surface area (Å²) < 4.78 is 17.6. The van der Waals surface area contributed by atoms with Gasteiger partial charge in [-0.05, 0) is 45.4 Å². The molecule has 0 saturated heterocycles. The SMILES string of the molecule is C=C1Oc2c3c(c4c(/C=C/C)cc(=O)oc4c2N([O-])[C@@H]1C)OC(C)(C)C=C3. The summed E-state index contributed by atoms with van der Waals surface area (Å²) >= 11 is 0. The molecule has 0 spiro atoms. The van der Waals surface area contributed by atoms with Crippen LogP contribution in [0.3, 0.4) is 0 Å². The predicted octanol–water partition coefficient (Wildman–Crippen LogP) is 4.61. The molecule has 2 aliphatic heterocycles. The first-order valence-corrected chi connectivity index (χ1v) is 8.75. The molecular formula is C21H20NO5-. The Hall–Kier alpha value is -2.99. The lowest BCUT2D eigenvalue weighted by atomic mass is 9.95. The van der Waals surface area contributed by atoms with Gasteiger partial charge >= 0.3 is 5.63 Å². The molecule has 27 heavy (non-hydrogen) atoms. The van der Waals surface area contributed by atoms with E-state index in [0.717, 1.165) is 5.06 Å². The highest BCUT2D eigenvalue weighted by molar-refractivity contribution is 6.06. The summed E-state index contributed by atoms with van der Waals surface area (Å²) in [5, 5.41) is 14.3. The first kappa shape index (κ1) is 17.4. The van der Waals surface area contributed by atoms with Crippen LogP contribution in [0.25, 0.3) is 23.1 Å². The molecule has 6 heteroatoms. The molecule has 140 valence electrons. The molecule has 0 amide bonds. The zero-order valence-electron chi connectivity index (χ0n) is 15.7. The van der Waals surface area contributed by atoms with E-state index in [4.69, 9.17) is 13.9 Å². The summed E-state index contributed by atoms with van der Waals surface area (Å²) in [6, 6.07) is 0.782. The van der Waals surface area contributed by atoms with Gasteiger partial charge < -0.3 is 24.2 Å². The normalized spacial score (nSPS) is 20.4. The largest absolute Gasteiger partial charge is 0.758 e. The van der Waals surface area contributed by atoms with Gasteiger partial charge in [-0.15, -0.1) is 0 Å². The Bertz CT molecular complexity index is 1090. The summed E-state index contributed by atoms with van der Waals surface area (Å²) in [5.74, 6) is 1.14. The molecule has 2 aromatic rings. The van der Waals surface area contributed by atoms with E-state index in [9.17, 15) is 10.0 Å². The molecule has 2 aliphatic rings. The smallest absolute Gasteiger partial charge is 0.336 e. The van der Waals surface area contributed by atoms with E-state index in [1.54, 1.807) is 13.0 Å². The number of anilines is 1. The topological polar surface area (TPSA) is 75.0 Å². The molecule has 0 fully saturated rings. The van der Waals surface area contributed by atoms with Crippen molar-refractivity contribution >= 4 is 28.8 Å². The number of hydrogen-bond acceptors (Lipinski definition) is 6. The molecule has 6 nitrogen and oxygen atoms in total. The summed E-state index contributed by atoms with van der Waals surface area (Å²) in [4.78, 5) is 12.2. The highest BCUT2D eigenvalue weighted by atomic mass is 16.5. The average Bonchev–Trinajstić information content (AvgIpc) is 2.58. The van der Waals surface area contributed by atoms with Gasteiger partial charge in [-0.1, -0.05) is 18.7 Å². The first-order chi connectivity index (χ1) is 12.7.